The van der Waals surface area contributed by atoms with Crippen LogP contribution in [0.5, 0.6) is 0 Å². The van der Waals surface area contributed by atoms with E-state index in [1.54, 1.807) is 22.7 Å². The molecule has 0 saturated heterocycles. The van der Waals surface area contributed by atoms with Crippen LogP contribution >= 0.6 is 22.7 Å². The van der Waals surface area contributed by atoms with E-state index in [2.05, 4.69) is 45.9 Å². The van der Waals surface area contributed by atoms with Crippen LogP contribution in [0, 0.1) is 0 Å². The van der Waals surface area contributed by atoms with Crippen molar-refractivity contribution in [2.75, 3.05) is 6.54 Å². The zero-order valence-corrected chi connectivity index (χ0v) is 12.1. The fourth-order valence-corrected chi connectivity index (χ4v) is 3.44. The molecule has 1 N–H and O–H groups in total. The van der Waals surface area contributed by atoms with Crippen LogP contribution in [0.25, 0.3) is 5.57 Å². The second-order valence-electron chi connectivity index (χ2n) is 4.83. The minimum absolute atomic E-state index is 0.770. The van der Waals surface area contributed by atoms with Gasteiger partial charge < -0.3 is 5.32 Å². The van der Waals surface area contributed by atoms with Gasteiger partial charge in [-0.25, -0.2) is 0 Å². The predicted molar refractivity (Wildman–Crippen MR) is 81.4 cm³/mol. The first-order valence-electron chi connectivity index (χ1n) is 6.33. The minimum atomic E-state index is 0.770. The van der Waals surface area contributed by atoms with E-state index in [9.17, 15) is 0 Å². The SMILES string of the molecule is CC(CNC1CC1)=C(c1ccsc1)c1ccsc1. The lowest BCUT2D eigenvalue weighted by Gasteiger charge is -2.11. The van der Waals surface area contributed by atoms with Gasteiger partial charge in [0.25, 0.3) is 0 Å². The van der Waals surface area contributed by atoms with Gasteiger partial charge in [0.2, 0.25) is 0 Å². The molecule has 0 aliphatic heterocycles. The van der Waals surface area contributed by atoms with Crippen LogP contribution in [0.15, 0.2) is 39.2 Å². The highest BCUT2D eigenvalue weighted by atomic mass is 32.1. The standard InChI is InChI=1S/C15H17NS2/c1-11(8-16-14-2-3-14)15(12-4-6-17-9-12)13-5-7-18-10-13/h4-7,9-10,14,16H,2-3,8H2,1H3. The molecule has 1 saturated carbocycles. The molecule has 2 aromatic rings. The number of rotatable bonds is 5. The molecule has 2 aromatic heterocycles. The zero-order valence-electron chi connectivity index (χ0n) is 10.5. The maximum atomic E-state index is 3.61. The first kappa shape index (κ1) is 12.2. The lowest BCUT2D eigenvalue weighted by atomic mass is 9.98. The maximum Gasteiger partial charge on any atom is 0.0173 e. The van der Waals surface area contributed by atoms with Crippen molar-refractivity contribution in [1.82, 2.24) is 5.32 Å². The Bertz CT molecular complexity index is 483. The van der Waals surface area contributed by atoms with Gasteiger partial charge in [0.1, 0.15) is 0 Å². The Labute approximate surface area is 116 Å². The van der Waals surface area contributed by atoms with Gasteiger partial charge in [-0.2, -0.15) is 22.7 Å². The summed E-state index contributed by atoms with van der Waals surface area (Å²) in [5, 5.41) is 12.4. The molecule has 18 heavy (non-hydrogen) atoms. The van der Waals surface area contributed by atoms with Crippen molar-refractivity contribution in [2.24, 2.45) is 0 Å². The highest BCUT2D eigenvalue weighted by molar-refractivity contribution is 7.08. The lowest BCUT2D eigenvalue weighted by Crippen LogP contribution is -2.19. The summed E-state index contributed by atoms with van der Waals surface area (Å²) >= 11 is 3.54. The quantitative estimate of drug-likeness (QED) is 0.853. The van der Waals surface area contributed by atoms with E-state index in [1.165, 1.54) is 35.1 Å². The van der Waals surface area contributed by atoms with E-state index in [0.717, 1.165) is 12.6 Å². The maximum absolute atomic E-state index is 3.61. The summed E-state index contributed by atoms with van der Waals surface area (Å²) in [7, 11) is 0. The van der Waals surface area contributed by atoms with Crippen LogP contribution in [0.2, 0.25) is 0 Å². The highest BCUT2D eigenvalue weighted by Gasteiger charge is 2.20. The Kier molecular flexibility index (Phi) is 3.64. The molecule has 0 unspecified atom stereocenters. The van der Waals surface area contributed by atoms with Crippen LogP contribution in [-0.4, -0.2) is 12.6 Å². The molecule has 1 fully saturated rings. The molecular weight excluding hydrogens is 258 g/mol. The van der Waals surface area contributed by atoms with E-state index >= 15 is 0 Å². The normalized spacial score (nSPS) is 14.7. The van der Waals surface area contributed by atoms with Gasteiger partial charge >= 0.3 is 0 Å². The third-order valence-electron chi connectivity index (χ3n) is 3.28. The van der Waals surface area contributed by atoms with E-state index < -0.39 is 0 Å². The number of hydrogen-bond acceptors (Lipinski definition) is 3. The van der Waals surface area contributed by atoms with Gasteiger partial charge in [-0.1, -0.05) is 5.57 Å². The summed E-state index contributed by atoms with van der Waals surface area (Å²) in [5.41, 5.74) is 5.56. The fourth-order valence-electron chi connectivity index (χ4n) is 2.15. The summed E-state index contributed by atoms with van der Waals surface area (Å²) in [5.74, 6) is 0. The second-order valence-corrected chi connectivity index (χ2v) is 6.39. The molecule has 1 nitrogen and oxygen atoms in total. The molecule has 0 bridgehead atoms. The molecule has 3 rings (SSSR count). The van der Waals surface area contributed by atoms with E-state index in [1.807, 2.05) is 0 Å². The molecule has 1 aliphatic carbocycles. The Morgan fingerprint density at radius 3 is 2.22 bits per heavy atom. The Morgan fingerprint density at radius 2 is 1.78 bits per heavy atom. The van der Waals surface area contributed by atoms with Gasteiger partial charge in [-0.05, 0) is 70.1 Å². The van der Waals surface area contributed by atoms with Crippen molar-refractivity contribution in [3.63, 3.8) is 0 Å². The number of thiophene rings is 2. The molecule has 94 valence electrons. The Morgan fingerprint density at radius 1 is 1.17 bits per heavy atom. The summed E-state index contributed by atoms with van der Waals surface area (Å²) in [6, 6.07) is 5.21. The summed E-state index contributed by atoms with van der Waals surface area (Å²) in [6.07, 6.45) is 2.69. The largest absolute Gasteiger partial charge is 0.310 e. The average molecular weight is 275 g/mol. The Balaban J connectivity index is 1.90. The molecule has 0 atom stereocenters. The summed E-state index contributed by atoms with van der Waals surface area (Å²) in [6.45, 7) is 3.26. The predicted octanol–water partition coefficient (Wildman–Crippen LogP) is 4.38. The first-order chi connectivity index (χ1) is 8.84. The zero-order chi connectivity index (χ0) is 12.4. The molecule has 1 aliphatic rings. The molecule has 0 radical (unpaired) electrons. The van der Waals surface area contributed by atoms with E-state index in [-0.39, 0.29) is 0 Å². The van der Waals surface area contributed by atoms with Crippen LogP contribution in [0.4, 0.5) is 0 Å². The van der Waals surface area contributed by atoms with Gasteiger partial charge in [0, 0.05) is 12.6 Å². The van der Waals surface area contributed by atoms with Crippen LogP contribution in [0.1, 0.15) is 30.9 Å². The van der Waals surface area contributed by atoms with Crippen LogP contribution in [-0.2, 0) is 0 Å². The molecular formula is C15H17NS2. The second kappa shape index (κ2) is 5.39. The molecule has 3 heteroatoms. The Hall–Kier alpha value is -0.900. The molecule has 0 spiro atoms. The van der Waals surface area contributed by atoms with Gasteiger partial charge in [-0.15, -0.1) is 0 Å². The number of nitrogens with one attached hydrogen (secondary N) is 1. The number of hydrogen-bond donors (Lipinski definition) is 1. The van der Waals surface area contributed by atoms with E-state index in [4.69, 9.17) is 0 Å². The lowest BCUT2D eigenvalue weighted by molar-refractivity contribution is 0.734. The highest BCUT2D eigenvalue weighted by Crippen LogP contribution is 2.30. The van der Waals surface area contributed by atoms with Crippen molar-refractivity contribution in [3.05, 3.63) is 50.4 Å². The van der Waals surface area contributed by atoms with Gasteiger partial charge in [0.15, 0.2) is 0 Å². The summed E-state index contributed by atoms with van der Waals surface area (Å²) < 4.78 is 0. The van der Waals surface area contributed by atoms with Gasteiger partial charge in [-0.3, -0.25) is 0 Å². The monoisotopic (exact) mass is 275 g/mol. The van der Waals surface area contributed by atoms with E-state index in [0.29, 0.717) is 0 Å². The van der Waals surface area contributed by atoms with Crippen molar-refractivity contribution in [3.8, 4) is 0 Å². The van der Waals surface area contributed by atoms with Gasteiger partial charge in [0.05, 0.1) is 0 Å². The fraction of sp³-hybridized carbons (Fsp3) is 0.333. The molecule has 0 amide bonds. The van der Waals surface area contributed by atoms with Crippen molar-refractivity contribution < 1.29 is 0 Å². The minimum Gasteiger partial charge on any atom is -0.310 e. The molecule has 2 heterocycles. The topological polar surface area (TPSA) is 12.0 Å². The third-order valence-corrected chi connectivity index (χ3v) is 4.65. The summed E-state index contributed by atoms with van der Waals surface area (Å²) in [4.78, 5) is 0. The van der Waals surface area contributed by atoms with Crippen molar-refractivity contribution in [1.29, 1.82) is 0 Å². The van der Waals surface area contributed by atoms with Crippen molar-refractivity contribution in [2.45, 2.75) is 25.8 Å². The van der Waals surface area contributed by atoms with Crippen molar-refractivity contribution >= 4 is 28.2 Å². The third kappa shape index (κ3) is 2.74. The van der Waals surface area contributed by atoms with Crippen LogP contribution in [0.3, 0.4) is 0 Å². The smallest absolute Gasteiger partial charge is 0.0173 e. The molecule has 0 aromatic carbocycles. The first-order valence-corrected chi connectivity index (χ1v) is 8.21. The van der Waals surface area contributed by atoms with Crippen LogP contribution < -0.4 is 5.32 Å². The average Bonchev–Trinajstić information content (AvgIpc) is 2.84.